The maximum absolute atomic E-state index is 12.6. The van der Waals surface area contributed by atoms with Gasteiger partial charge < -0.3 is 24.9 Å². The molecular formula is C22H26N2O4. The largest absolute Gasteiger partial charge is 0.491 e. The fourth-order valence-corrected chi connectivity index (χ4v) is 3.24. The van der Waals surface area contributed by atoms with E-state index in [1.165, 1.54) is 0 Å². The molecule has 3 aromatic rings. The van der Waals surface area contributed by atoms with Gasteiger partial charge in [-0.25, -0.2) is 4.79 Å². The minimum absolute atomic E-state index is 0.0977. The van der Waals surface area contributed by atoms with Crippen LogP contribution in [0.15, 0.2) is 48.5 Å². The van der Waals surface area contributed by atoms with Crippen LogP contribution in [0.5, 0.6) is 5.75 Å². The molecule has 0 aliphatic heterocycles. The topological polar surface area (TPSA) is 86.7 Å². The van der Waals surface area contributed by atoms with Crippen molar-refractivity contribution in [2.75, 3.05) is 19.8 Å². The Kier molecular flexibility index (Phi) is 6.34. The fourth-order valence-electron chi connectivity index (χ4n) is 3.24. The molecule has 0 aliphatic rings. The Morgan fingerprint density at radius 1 is 1.21 bits per heavy atom. The van der Waals surface area contributed by atoms with E-state index >= 15 is 0 Å². The quantitative estimate of drug-likeness (QED) is 0.585. The second-order valence-corrected chi connectivity index (χ2v) is 6.63. The molecule has 3 rings (SSSR count). The molecule has 0 radical (unpaired) electrons. The highest BCUT2D eigenvalue weighted by atomic mass is 16.5. The third-order valence-corrected chi connectivity index (χ3v) is 4.67. The molecule has 1 heterocycles. The van der Waals surface area contributed by atoms with Gasteiger partial charge >= 0.3 is 5.97 Å². The smallest absolute Gasteiger partial charge is 0.340 e. The normalized spacial score (nSPS) is 12.1. The highest BCUT2D eigenvalue weighted by Crippen LogP contribution is 2.31. The second kappa shape index (κ2) is 8.91. The van der Waals surface area contributed by atoms with Gasteiger partial charge in [0.15, 0.2) is 0 Å². The minimum Gasteiger partial charge on any atom is -0.491 e. The Morgan fingerprint density at radius 2 is 1.96 bits per heavy atom. The lowest BCUT2D eigenvalue weighted by molar-refractivity contribution is 0.0527. The van der Waals surface area contributed by atoms with E-state index < -0.39 is 6.10 Å². The average molecular weight is 382 g/mol. The van der Waals surface area contributed by atoms with Gasteiger partial charge in [-0.1, -0.05) is 30.3 Å². The summed E-state index contributed by atoms with van der Waals surface area (Å²) in [6.45, 7) is 4.90. The van der Waals surface area contributed by atoms with Gasteiger partial charge in [0, 0.05) is 29.7 Å². The summed E-state index contributed by atoms with van der Waals surface area (Å²) in [4.78, 5) is 12.6. The number of fused-ring (bicyclic) bond motifs is 1. The maximum Gasteiger partial charge on any atom is 0.340 e. The van der Waals surface area contributed by atoms with Crippen LogP contribution in [0.1, 0.15) is 28.5 Å². The summed E-state index contributed by atoms with van der Waals surface area (Å²) in [6, 6.07) is 15.7. The summed E-state index contributed by atoms with van der Waals surface area (Å²) in [6.07, 6.45) is -0.732. The average Bonchev–Trinajstić information content (AvgIpc) is 2.98. The molecule has 0 saturated heterocycles. The fraction of sp³-hybridized carbons (Fsp3) is 0.318. The van der Waals surface area contributed by atoms with Crippen molar-refractivity contribution in [3.05, 3.63) is 65.4 Å². The van der Waals surface area contributed by atoms with Crippen LogP contribution in [0.3, 0.4) is 0 Å². The van der Waals surface area contributed by atoms with Crippen LogP contribution in [-0.4, -0.2) is 41.5 Å². The summed E-state index contributed by atoms with van der Waals surface area (Å²) in [5, 5.41) is 10.4. The number of carbonyl (C=O) groups excluding carboxylic acids is 1. The van der Waals surface area contributed by atoms with Crippen LogP contribution in [-0.2, 0) is 11.3 Å². The van der Waals surface area contributed by atoms with Crippen molar-refractivity contribution >= 4 is 16.9 Å². The number of aliphatic hydroxyl groups is 1. The van der Waals surface area contributed by atoms with Crippen molar-refractivity contribution in [3.8, 4) is 5.75 Å². The van der Waals surface area contributed by atoms with E-state index in [4.69, 9.17) is 15.2 Å². The zero-order chi connectivity index (χ0) is 20.1. The van der Waals surface area contributed by atoms with Crippen LogP contribution in [0.2, 0.25) is 0 Å². The van der Waals surface area contributed by atoms with Gasteiger partial charge in [-0.15, -0.1) is 0 Å². The standard InChI is InChI=1S/C22H26N2O4/c1-3-27-22(26)21-15(2)24(13-16-7-5-4-6-8-16)20-10-9-18(11-19(20)21)28-14-17(25)12-23/h4-11,17,25H,3,12-14,23H2,1-2H3. The number of esters is 1. The third-order valence-electron chi connectivity index (χ3n) is 4.67. The molecular weight excluding hydrogens is 356 g/mol. The molecule has 0 spiro atoms. The van der Waals surface area contributed by atoms with Crippen molar-refractivity contribution in [2.45, 2.75) is 26.5 Å². The van der Waals surface area contributed by atoms with Gasteiger partial charge in [0.05, 0.1) is 12.2 Å². The van der Waals surface area contributed by atoms with E-state index in [1.807, 2.05) is 43.3 Å². The number of hydrogen-bond acceptors (Lipinski definition) is 5. The molecule has 0 bridgehead atoms. The summed E-state index contributed by atoms with van der Waals surface area (Å²) < 4.78 is 13.0. The van der Waals surface area contributed by atoms with E-state index in [9.17, 15) is 9.90 Å². The molecule has 0 aliphatic carbocycles. The van der Waals surface area contributed by atoms with Crippen molar-refractivity contribution in [3.63, 3.8) is 0 Å². The molecule has 0 fully saturated rings. The Morgan fingerprint density at radius 3 is 2.64 bits per heavy atom. The molecule has 0 saturated carbocycles. The van der Waals surface area contributed by atoms with Gasteiger partial charge in [0.25, 0.3) is 0 Å². The number of rotatable bonds is 8. The van der Waals surface area contributed by atoms with Gasteiger partial charge in [0.1, 0.15) is 18.5 Å². The number of nitrogens with two attached hydrogens (primary N) is 1. The van der Waals surface area contributed by atoms with Crippen LogP contribution in [0.25, 0.3) is 10.9 Å². The van der Waals surface area contributed by atoms with E-state index in [1.54, 1.807) is 6.92 Å². The van der Waals surface area contributed by atoms with Crippen molar-refractivity contribution in [2.24, 2.45) is 5.73 Å². The van der Waals surface area contributed by atoms with Gasteiger partial charge in [-0.2, -0.15) is 0 Å². The number of carbonyl (C=O) groups is 1. The zero-order valence-corrected chi connectivity index (χ0v) is 16.2. The molecule has 6 nitrogen and oxygen atoms in total. The van der Waals surface area contributed by atoms with Gasteiger partial charge in [-0.05, 0) is 37.6 Å². The summed E-state index contributed by atoms with van der Waals surface area (Å²) in [5.74, 6) is 0.221. The molecule has 3 N–H and O–H groups in total. The molecule has 6 heteroatoms. The number of aliphatic hydroxyl groups excluding tert-OH is 1. The highest BCUT2D eigenvalue weighted by molar-refractivity contribution is 6.06. The molecule has 0 amide bonds. The molecule has 1 unspecified atom stereocenters. The first-order chi connectivity index (χ1) is 13.5. The monoisotopic (exact) mass is 382 g/mol. The SMILES string of the molecule is CCOC(=O)c1c(C)n(Cc2ccccc2)c2ccc(OCC(O)CN)cc12. The first-order valence-electron chi connectivity index (χ1n) is 9.40. The van der Waals surface area contributed by atoms with Crippen molar-refractivity contribution in [1.82, 2.24) is 4.57 Å². The summed E-state index contributed by atoms with van der Waals surface area (Å²) >= 11 is 0. The first-order valence-corrected chi connectivity index (χ1v) is 9.40. The molecule has 2 aromatic carbocycles. The van der Waals surface area contributed by atoms with Crippen LogP contribution in [0, 0.1) is 6.92 Å². The molecule has 1 aromatic heterocycles. The Labute approximate surface area is 164 Å². The maximum atomic E-state index is 12.6. The molecule has 28 heavy (non-hydrogen) atoms. The highest BCUT2D eigenvalue weighted by Gasteiger charge is 2.22. The minimum atomic E-state index is -0.732. The Balaban J connectivity index is 2.05. The van der Waals surface area contributed by atoms with Crippen LogP contribution in [0.4, 0.5) is 0 Å². The zero-order valence-electron chi connectivity index (χ0n) is 16.2. The lowest BCUT2D eigenvalue weighted by atomic mass is 10.1. The number of nitrogens with zero attached hydrogens (tertiary/aromatic N) is 1. The van der Waals surface area contributed by atoms with Crippen LogP contribution >= 0.6 is 0 Å². The third kappa shape index (κ3) is 4.18. The van der Waals surface area contributed by atoms with Gasteiger partial charge in [-0.3, -0.25) is 0 Å². The number of ether oxygens (including phenoxy) is 2. The van der Waals surface area contributed by atoms with E-state index in [0.29, 0.717) is 24.5 Å². The van der Waals surface area contributed by atoms with Crippen molar-refractivity contribution < 1.29 is 19.4 Å². The number of hydrogen-bond donors (Lipinski definition) is 2. The lowest BCUT2D eigenvalue weighted by Gasteiger charge is -2.11. The summed E-state index contributed by atoms with van der Waals surface area (Å²) in [5.41, 5.74) is 8.88. The predicted molar refractivity (Wildman–Crippen MR) is 109 cm³/mol. The number of aromatic nitrogens is 1. The lowest BCUT2D eigenvalue weighted by Crippen LogP contribution is -2.26. The number of benzene rings is 2. The van der Waals surface area contributed by atoms with E-state index in [0.717, 1.165) is 22.2 Å². The van der Waals surface area contributed by atoms with E-state index in [-0.39, 0.29) is 19.1 Å². The first kappa shape index (κ1) is 19.9. The van der Waals surface area contributed by atoms with Crippen LogP contribution < -0.4 is 10.5 Å². The Hall–Kier alpha value is -2.83. The second-order valence-electron chi connectivity index (χ2n) is 6.63. The van der Waals surface area contributed by atoms with Crippen molar-refractivity contribution in [1.29, 1.82) is 0 Å². The van der Waals surface area contributed by atoms with Gasteiger partial charge in [0.2, 0.25) is 0 Å². The van der Waals surface area contributed by atoms with E-state index in [2.05, 4.69) is 16.7 Å². The Bertz CT molecular complexity index is 950. The molecule has 148 valence electrons. The molecule has 1 atom stereocenters. The summed E-state index contributed by atoms with van der Waals surface area (Å²) in [7, 11) is 0. The predicted octanol–water partition coefficient (Wildman–Crippen LogP) is 2.87.